The number of likely N-dealkylation sites (tertiary alicyclic amines) is 1. The van der Waals surface area contributed by atoms with Crippen molar-refractivity contribution in [2.24, 2.45) is 5.92 Å². The fraction of sp³-hybridized carbons (Fsp3) is 0.500. The minimum atomic E-state index is -0.751. The predicted octanol–water partition coefficient (Wildman–Crippen LogP) is 1.77. The molecule has 1 aromatic carbocycles. The van der Waals surface area contributed by atoms with Crippen molar-refractivity contribution in [3.05, 3.63) is 34.4 Å². The second-order valence-corrected chi connectivity index (χ2v) is 5.08. The topological polar surface area (TPSA) is 92.9 Å². The monoisotopic (exact) mass is 294 g/mol. The number of hydrogen-bond acceptors (Lipinski definition) is 5. The van der Waals surface area contributed by atoms with Crippen molar-refractivity contribution in [1.29, 1.82) is 0 Å². The summed E-state index contributed by atoms with van der Waals surface area (Å²) in [6.45, 7) is 2.40. The molecule has 21 heavy (non-hydrogen) atoms. The maximum Gasteiger partial charge on any atom is 0.307 e. The summed E-state index contributed by atoms with van der Waals surface area (Å²) >= 11 is 0. The van der Waals surface area contributed by atoms with Crippen LogP contribution in [-0.2, 0) is 4.79 Å². The van der Waals surface area contributed by atoms with Crippen molar-refractivity contribution in [2.75, 3.05) is 26.2 Å². The molecule has 7 heteroatoms. The summed E-state index contributed by atoms with van der Waals surface area (Å²) < 4.78 is 5.50. The van der Waals surface area contributed by atoms with Crippen LogP contribution in [0.5, 0.6) is 5.75 Å². The molecule has 1 aliphatic rings. The van der Waals surface area contributed by atoms with E-state index in [0.717, 1.165) is 19.4 Å². The summed E-state index contributed by atoms with van der Waals surface area (Å²) in [5.41, 5.74) is -0.00332. The quantitative estimate of drug-likeness (QED) is 0.635. The first-order chi connectivity index (χ1) is 10.1. The standard InChI is InChI=1S/C14H18N2O5/c17-14(18)11-3-2-6-15(10-11)7-8-21-13-5-1-4-12(9-13)16(19)20/h1,4-5,9,11H,2-3,6-8,10H2,(H,17,18). The molecule has 0 spiro atoms. The van der Waals surface area contributed by atoms with E-state index in [1.807, 2.05) is 0 Å². The highest BCUT2D eigenvalue weighted by Gasteiger charge is 2.24. The van der Waals surface area contributed by atoms with E-state index in [1.165, 1.54) is 12.1 Å². The van der Waals surface area contributed by atoms with Gasteiger partial charge in [0, 0.05) is 19.2 Å². The number of nitrogens with zero attached hydrogens (tertiary/aromatic N) is 2. The van der Waals surface area contributed by atoms with Crippen LogP contribution in [0.4, 0.5) is 5.69 Å². The summed E-state index contributed by atoms with van der Waals surface area (Å²) in [4.78, 5) is 23.2. The highest BCUT2D eigenvalue weighted by Crippen LogP contribution is 2.20. The Hall–Kier alpha value is -2.15. The molecular weight excluding hydrogens is 276 g/mol. The molecule has 1 heterocycles. The van der Waals surface area contributed by atoms with Gasteiger partial charge < -0.3 is 9.84 Å². The Labute approximate surface area is 122 Å². The molecule has 1 unspecified atom stereocenters. The van der Waals surface area contributed by atoms with Crippen molar-refractivity contribution in [1.82, 2.24) is 4.90 Å². The van der Waals surface area contributed by atoms with Gasteiger partial charge in [0.1, 0.15) is 12.4 Å². The van der Waals surface area contributed by atoms with Gasteiger partial charge in [-0.2, -0.15) is 0 Å². The number of non-ortho nitro benzene ring substituents is 1. The lowest BCUT2D eigenvalue weighted by Gasteiger charge is -2.30. The molecular formula is C14H18N2O5. The molecule has 0 saturated carbocycles. The largest absolute Gasteiger partial charge is 0.492 e. The van der Waals surface area contributed by atoms with Gasteiger partial charge in [0.15, 0.2) is 0 Å². The number of hydrogen-bond donors (Lipinski definition) is 1. The average molecular weight is 294 g/mol. The lowest BCUT2D eigenvalue weighted by atomic mass is 9.98. The molecule has 1 aromatic rings. The van der Waals surface area contributed by atoms with Crippen molar-refractivity contribution >= 4 is 11.7 Å². The Morgan fingerprint density at radius 3 is 3.05 bits per heavy atom. The Kier molecular flexibility index (Phi) is 5.10. The van der Waals surface area contributed by atoms with Crippen LogP contribution < -0.4 is 4.74 Å². The Balaban J connectivity index is 1.80. The zero-order valence-electron chi connectivity index (χ0n) is 11.6. The molecule has 0 amide bonds. The third kappa shape index (κ3) is 4.42. The number of nitro groups is 1. The number of carboxylic acid groups (broad SMARTS) is 1. The number of rotatable bonds is 6. The number of aliphatic carboxylic acids is 1. The van der Waals surface area contributed by atoms with Crippen LogP contribution in [0.1, 0.15) is 12.8 Å². The molecule has 114 valence electrons. The van der Waals surface area contributed by atoms with E-state index in [4.69, 9.17) is 9.84 Å². The first-order valence-corrected chi connectivity index (χ1v) is 6.88. The Morgan fingerprint density at radius 1 is 1.52 bits per heavy atom. The molecule has 1 fully saturated rings. The minimum Gasteiger partial charge on any atom is -0.492 e. The fourth-order valence-corrected chi connectivity index (χ4v) is 2.44. The second kappa shape index (κ2) is 7.03. The first-order valence-electron chi connectivity index (χ1n) is 6.88. The number of carboxylic acids is 1. The third-order valence-electron chi connectivity index (χ3n) is 3.56. The predicted molar refractivity (Wildman–Crippen MR) is 75.4 cm³/mol. The molecule has 0 aromatic heterocycles. The Morgan fingerprint density at radius 2 is 2.33 bits per heavy atom. The van der Waals surface area contributed by atoms with Gasteiger partial charge in [0.25, 0.3) is 5.69 Å². The summed E-state index contributed by atoms with van der Waals surface area (Å²) in [5.74, 6) is -0.605. The van der Waals surface area contributed by atoms with Gasteiger partial charge in [-0.05, 0) is 25.5 Å². The molecule has 1 saturated heterocycles. The Bertz CT molecular complexity index is 520. The van der Waals surface area contributed by atoms with Crippen LogP contribution in [0.3, 0.4) is 0 Å². The van der Waals surface area contributed by atoms with Gasteiger partial charge in [-0.25, -0.2) is 0 Å². The maximum atomic E-state index is 11.0. The van der Waals surface area contributed by atoms with Crippen LogP contribution in [0.25, 0.3) is 0 Å². The van der Waals surface area contributed by atoms with Gasteiger partial charge in [0.05, 0.1) is 16.9 Å². The first kappa shape index (κ1) is 15.2. The van der Waals surface area contributed by atoms with Crippen LogP contribution in [0.15, 0.2) is 24.3 Å². The number of nitro benzene ring substituents is 1. The minimum absolute atomic E-state index is 0.00332. The van der Waals surface area contributed by atoms with E-state index in [9.17, 15) is 14.9 Å². The van der Waals surface area contributed by atoms with E-state index in [2.05, 4.69) is 4.90 Å². The van der Waals surface area contributed by atoms with Gasteiger partial charge in [-0.1, -0.05) is 6.07 Å². The lowest BCUT2D eigenvalue weighted by molar-refractivity contribution is -0.384. The highest BCUT2D eigenvalue weighted by atomic mass is 16.6. The van der Waals surface area contributed by atoms with Gasteiger partial charge in [0.2, 0.25) is 0 Å². The van der Waals surface area contributed by atoms with Crippen molar-refractivity contribution in [3.8, 4) is 5.75 Å². The van der Waals surface area contributed by atoms with Crippen LogP contribution >= 0.6 is 0 Å². The van der Waals surface area contributed by atoms with E-state index in [1.54, 1.807) is 12.1 Å². The zero-order valence-corrected chi connectivity index (χ0v) is 11.6. The van der Waals surface area contributed by atoms with E-state index in [-0.39, 0.29) is 11.6 Å². The maximum absolute atomic E-state index is 11.0. The molecule has 1 aliphatic heterocycles. The number of piperidine rings is 1. The number of ether oxygens (including phenoxy) is 1. The van der Waals surface area contributed by atoms with E-state index < -0.39 is 10.9 Å². The van der Waals surface area contributed by atoms with Gasteiger partial charge in [-0.15, -0.1) is 0 Å². The van der Waals surface area contributed by atoms with Gasteiger partial charge >= 0.3 is 5.97 Å². The van der Waals surface area contributed by atoms with Crippen molar-refractivity contribution in [2.45, 2.75) is 12.8 Å². The lowest BCUT2D eigenvalue weighted by Crippen LogP contribution is -2.40. The number of benzene rings is 1. The van der Waals surface area contributed by atoms with Crippen LogP contribution in [0, 0.1) is 16.0 Å². The highest BCUT2D eigenvalue weighted by molar-refractivity contribution is 5.70. The van der Waals surface area contributed by atoms with Gasteiger partial charge in [-0.3, -0.25) is 19.8 Å². The molecule has 0 bridgehead atoms. The molecule has 0 aliphatic carbocycles. The number of carbonyl (C=O) groups is 1. The molecule has 1 atom stereocenters. The van der Waals surface area contributed by atoms with E-state index >= 15 is 0 Å². The van der Waals surface area contributed by atoms with Crippen LogP contribution in [-0.4, -0.2) is 47.1 Å². The molecule has 0 radical (unpaired) electrons. The van der Waals surface area contributed by atoms with Crippen molar-refractivity contribution < 1.29 is 19.6 Å². The third-order valence-corrected chi connectivity index (χ3v) is 3.56. The zero-order chi connectivity index (χ0) is 15.2. The molecule has 7 nitrogen and oxygen atoms in total. The van der Waals surface area contributed by atoms with Crippen LogP contribution in [0.2, 0.25) is 0 Å². The van der Waals surface area contributed by atoms with E-state index in [0.29, 0.717) is 25.4 Å². The average Bonchev–Trinajstić information content (AvgIpc) is 2.48. The summed E-state index contributed by atoms with van der Waals surface area (Å²) in [7, 11) is 0. The summed E-state index contributed by atoms with van der Waals surface area (Å²) in [6.07, 6.45) is 1.59. The normalized spacial score (nSPS) is 19.1. The molecule has 1 N–H and O–H groups in total. The summed E-state index contributed by atoms with van der Waals surface area (Å²) in [5, 5.41) is 19.7. The fourth-order valence-electron chi connectivity index (χ4n) is 2.44. The SMILES string of the molecule is O=C(O)C1CCCN(CCOc2cccc([N+](=O)[O-])c2)C1. The molecule has 2 rings (SSSR count). The van der Waals surface area contributed by atoms with Crippen molar-refractivity contribution in [3.63, 3.8) is 0 Å². The second-order valence-electron chi connectivity index (χ2n) is 5.08. The summed E-state index contributed by atoms with van der Waals surface area (Å²) in [6, 6.07) is 6.04. The smallest absolute Gasteiger partial charge is 0.307 e.